The van der Waals surface area contributed by atoms with Crippen LogP contribution < -0.4 is 0 Å². The highest BCUT2D eigenvalue weighted by Crippen LogP contribution is 2.31. The number of carbonyl (C=O) groups excluding carboxylic acids is 1. The molecule has 5 heteroatoms. The fraction of sp³-hybridized carbons (Fsp3) is 0.125. The van der Waals surface area contributed by atoms with Crippen LogP contribution in [0.15, 0.2) is 21.6 Å². The highest BCUT2D eigenvalue weighted by molar-refractivity contribution is 9.10. The lowest BCUT2D eigenvalue weighted by Gasteiger charge is -2.02. The van der Waals surface area contributed by atoms with Gasteiger partial charge in [0.05, 0.1) is 10.7 Å². The summed E-state index contributed by atoms with van der Waals surface area (Å²) in [5.74, 6) is 0. The zero-order valence-corrected chi connectivity index (χ0v) is 10.3. The van der Waals surface area contributed by atoms with Crippen molar-refractivity contribution in [2.24, 2.45) is 4.99 Å². The molecule has 0 amide bonds. The Morgan fingerprint density at radius 1 is 1.54 bits per heavy atom. The zero-order chi connectivity index (χ0) is 9.84. The van der Waals surface area contributed by atoms with Crippen molar-refractivity contribution in [3.05, 3.63) is 27.2 Å². The van der Waals surface area contributed by atoms with Gasteiger partial charge in [0.2, 0.25) is 6.08 Å². The van der Waals surface area contributed by atoms with E-state index in [-0.39, 0.29) is 0 Å². The number of rotatable bonds is 2. The maximum absolute atomic E-state index is 10.1. The van der Waals surface area contributed by atoms with E-state index in [4.69, 9.17) is 11.6 Å². The first-order valence-corrected chi connectivity index (χ1v) is 5.60. The smallest absolute Gasteiger partial charge is 0.211 e. The van der Waals surface area contributed by atoms with E-state index in [9.17, 15) is 4.79 Å². The van der Waals surface area contributed by atoms with Crippen LogP contribution in [0, 0.1) is 0 Å². The van der Waals surface area contributed by atoms with Crippen molar-refractivity contribution < 1.29 is 4.79 Å². The van der Waals surface area contributed by atoms with Gasteiger partial charge in [0.15, 0.2) is 0 Å². The largest absolute Gasteiger partial charge is 0.240 e. The third-order valence-corrected chi connectivity index (χ3v) is 3.23. The van der Waals surface area contributed by atoms with E-state index in [0.717, 1.165) is 10.0 Å². The van der Waals surface area contributed by atoms with Crippen LogP contribution in [0.1, 0.15) is 5.56 Å². The summed E-state index contributed by atoms with van der Waals surface area (Å²) in [6, 6.07) is 3.43. The molecule has 0 unspecified atom stereocenters. The van der Waals surface area contributed by atoms with E-state index in [1.54, 1.807) is 6.07 Å². The highest BCUT2D eigenvalue weighted by atomic mass is 79.9. The van der Waals surface area contributed by atoms with Gasteiger partial charge in [-0.1, -0.05) is 27.5 Å². The fourth-order valence-corrected chi connectivity index (χ4v) is 1.84. The molecule has 1 rings (SSSR count). The molecular weight excluding hydrogens is 321 g/mol. The molecule has 0 spiro atoms. The second-order valence-electron chi connectivity index (χ2n) is 2.23. The first kappa shape index (κ1) is 10.9. The number of isocyanates is 1. The average Bonchev–Trinajstić information content (AvgIpc) is 2.11. The van der Waals surface area contributed by atoms with Crippen LogP contribution in [-0.4, -0.2) is 6.08 Å². The molecule has 2 nitrogen and oxygen atoms in total. The predicted octanol–water partition coefficient (Wildman–Crippen LogP) is 3.96. The number of alkyl halides is 1. The minimum atomic E-state index is 0.527. The van der Waals surface area contributed by atoms with Crippen LogP contribution >= 0.6 is 43.5 Å². The molecule has 1 aromatic carbocycles. The first-order valence-electron chi connectivity index (χ1n) is 3.30. The van der Waals surface area contributed by atoms with E-state index in [1.165, 1.54) is 6.08 Å². The lowest BCUT2D eigenvalue weighted by Crippen LogP contribution is -1.80. The summed E-state index contributed by atoms with van der Waals surface area (Å²) >= 11 is 12.4. The summed E-state index contributed by atoms with van der Waals surface area (Å²) in [5.41, 5.74) is 1.43. The van der Waals surface area contributed by atoms with E-state index in [2.05, 4.69) is 36.9 Å². The second kappa shape index (κ2) is 4.91. The van der Waals surface area contributed by atoms with Crippen molar-refractivity contribution in [3.8, 4) is 0 Å². The van der Waals surface area contributed by atoms with Crippen LogP contribution in [-0.2, 0) is 10.1 Å². The molecule has 0 fully saturated rings. The summed E-state index contributed by atoms with van der Waals surface area (Å²) in [5, 5.41) is 1.14. The molecule has 0 saturated carbocycles. The van der Waals surface area contributed by atoms with Gasteiger partial charge in [-0.2, -0.15) is 4.99 Å². The quantitative estimate of drug-likeness (QED) is 0.460. The van der Waals surface area contributed by atoms with Gasteiger partial charge in [-0.15, -0.1) is 0 Å². The average molecular weight is 325 g/mol. The van der Waals surface area contributed by atoms with Crippen LogP contribution in [0.2, 0.25) is 5.02 Å². The molecule has 13 heavy (non-hydrogen) atoms. The minimum Gasteiger partial charge on any atom is -0.211 e. The summed E-state index contributed by atoms with van der Waals surface area (Å²) in [7, 11) is 0. The molecule has 0 aliphatic rings. The topological polar surface area (TPSA) is 29.4 Å². The maximum Gasteiger partial charge on any atom is 0.240 e. The SMILES string of the molecule is O=C=Nc1cc(Cl)c(Br)cc1CBr. The number of aliphatic imine (C=N–C) groups is 1. The first-order chi connectivity index (χ1) is 6.19. The molecule has 1 aromatic rings. The monoisotopic (exact) mass is 323 g/mol. The van der Waals surface area contributed by atoms with E-state index in [0.29, 0.717) is 16.0 Å². The van der Waals surface area contributed by atoms with Crippen molar-refractivity contribution in [3.63, 3.8) is 0 Å². The van der Waals surface area contributed by atoms with E-state index >= 15 is 0 Å². The van der Waals surface area contributed by atoms with Gasteiger partial charge in [0.25, 0.3) is 0 Å². The summed E-state index contributed by atoms with van der Waals surface area (Å²) < 4.78 is 0.786. The van der Waals surface area contributed by atoms with Gasteiger partial charge in [-0.3, -0.25) is 0 Å². The Bertz CT molecular complexity index is 375. The molecule has 0 bridgehead atoms. The summed E-state index contributed by atoms with van der Waals surface area (Å²) in [4.78, 5) is 13.6. The number of nitrogens with zero attached hydrogens (tertiary/aromatic N) is 1. The van der Waals surface area contributed by atoms with Gasteiger partial charge in [0.1, 0.15) is 0 Å². The van der Waals surface area contributed by atoms with Crippen molar-refractivity contribution in [1.29, 1.82) is 0 Å². The maximum atomic E-state index is 10.1. The normalized spacial score (nSPS) is 9.46. The second-order valence-corrected chi connectivity index (χ2v) is 4.05. The Morgan fingerprint density at radius 3 is 2.77 bits per heavy atom. The van der Waals surface area contributed by atoms with Crippen molar-refractivity contribution in [1.82, 2.24) is 0 Å². The highest BCUT2D eigenvalue weighted by Gasteiger charge is 2.05. The van der Waals surface area contributed by atoms with Gasteiger partial charge >= 0.3 is 0 Å². The van der Waals surface area contributed by atoms with Crippen LogP contribution in [0.25, 0.3) is 0 Å². The Balaban J connectivity index is 3.32. The van der Waals surface area contributed by atoms with Crippen molar-refractivity contribution >= 4 is 55.2 Å². The van der Waals surface area contributed by atoms with Gasteiger partial charge in [0, 0.05) is 9.80 Å². The summed E-state index contributed by atoms with van der Waals surface area (Å²) in [6.07, 6.45) is 1.49. The van der Waals surface area contributed by atoms with Crippen molar-refractivity contribution in [2.45, 2.75) is 5.33 Å². The number of hydrogen-bond acceptors (Lipinski definition) is 2. The van der Waals surface area contributed by atoms with E-state index < -0.39 is 0 Å². The van der Waals surface area contributed by atoms with Gasteiger partial charge in [-0.25, -0.2) is 4.79 Å². The lowest BCUT2D eigenvalue weighted by atomic mass is 10.2. The number of hydrogen-bond donors (Lipinski definition) is 0. The molecule has 0 heterocycles. The standard InChI is InChI=1S/C8H4Br2ClNO/c9-3-5-1-6(10)7(11)2-8(5)12-4-13/h1-2H,3H2. The Kier molecular flexibility index (Phi) is 4.13. The molecular formula is C8H4Br2ClNO. The Morgan fingerprint density at radius 2 is 2.23 bits per heavy atom. The fourth-order valence-electron chi connectivity index (χ4n) is 0.838. The molecule has 68 valence electrons. The third kappa shape index (κ3) is 2.64. The van der Waals surface area contributed by atoms with Crippen molar-refractivity contribution in [2.75, 3.05) is 0 Å². The predicted molar refractivity (Wildman–Crippen MR) is 59.6 cm³/mol. The molecule has 0 radical (unpaired) electrons. The molecule has 0 aliphatic heterocycles. The molecule has 0 N–H and O–H groups in total. The molecule has 0 atom stereocenters. The Labute approximate surface area is 97.3 Å². The van der Waals surface area contributed by atoms with Gasteiger partial charge < -0.3 is 0 Å². The van der Waals surface area contributed by atoms with Crippen LogP contribution in [0.5, 0.6) is 0 Å². The molecule has 0 aliphatic carbocycles. The number of halogens is 3. The van der Waals surface area contributed by atoms with E-state index in [1.807, 2.05) is 6.07 Å². The minimum absolute atomic E-state index is 0.527. The van der Waals surface area contributed by atoms with Crippen LogP contribution in [0.4, 0.5) is 5.69 Å². The van der Waals surface area contributed by atoms with Gasteiger partial charge in [-0.05, 0) is 33.6 Å². The third-order valence-electron chi connectivity index (χ3n) is 1.43. The Hall–Kier alpha value is -0.150. The lowest BCUT2D eigenvalue weighted by molar-refractivity contribution is 0.565. The summed E-state index contributed by atoms with van der Waals surface area (Å²) in [6.45, 7) is 0. The molecule has 0 saturated heterocycles. The van der Waals surface area contributed by atoms with Crippen LogP contribution in [0.3, 0.4) is 0 Å². The zero-order valence-electron chi connectivity index (χ0n) is 6.35. The molecule has 0 aromatic heterocycles. The number of benzene rings is 1.